The molecule has 0 aromatic carbocycles. The van der Waals surface area contributed by atoms with E-state index in [4.69, 9.17) is 37.0 Å². The summed E-state index contributed by atoms with van der Waals surface area (Å²) in [6, 6.07) is 0. The van der Waals surface area contributed by atoms with Gasteiger partial charge in [-0.05, 0) is 37.5 Å². The lowest BCUT2D eigenvalue weighted by atomic mass is 9.99. The zero-order valence-electron chi connectivity index (χ0n) is 54.2. The standard InChI is InChI=1S/C65H126O17P2/c1-7-11-13-15-16-17-18-26-31-37-43-49-64(69)81-60(53-75-62(67)47-41-33-14-12-8-2)55-79-83(71,72)77-51-59(66)52-78-84(73,74)80-56-61(82-65(70)50-44-38-32-27-22-20-24-29-35-40-46-58(6)10-4)54-76-63(68)48-42-36-30-25-21-19-23-28-34-39-45-57(5)9-3/h57-61,66H,7-56H2,1-6H3,(H,71,72)(H,73,74)/t57?,58?,59-,60+,61+/m0/s1. The molecule has 0 aromatic rings. The third-order valence-corrected chi connectivity index (χ3v) is 17.6. The summed E-state index contributed by atoms with van der Waals surface area (Å²) in [7, 11) is -9.88. The first-order chi connectivity index (χ1) is 40.4. The van der Waals surface area contributed by atoms with Crippen LogP contribution in [0, 0.1) is 11.8 Å². The monoisotopic (exact) mass is 1240 g/mol. The van der Waals surface area contributed by atoms with E-state index in [1.165, 1.54) is 135 Å². The predicted octanol–water partition coefficient (Wildman–Crippen LogP) is 18.0. The largest absolute Gasteiger partial charge is 0.472 e. The van der Waals surface area contributed by atoms with Crippen molar-refractivity contribution in [2.24, 2.45) is 11.8 Å². The van der Waals surface area contributed by atoms with Crippen LogP contribution in [0.4, 0.5) is 0 Å². The van der Waals surface area contributed by atoms with Crippen molar-refractivity contribution in [1.29, 1.82) is 0 Å². The molecule has 0 heterocycles. The Hall–Kier alpha value is -1.94. The Bertz CT molecular complexity index is 1650. The molecule has 19 heteroatoms. The summed E-state index contributed by atoms with van der Waals surface area (Å²) in [6.07, 6.45) is 40.4. The first-order valence-electron chi connectivity index (χ1n) is 34.1. The molecule has 0 aliphatic heterocycles. The first-order valence-corrected chi connectivity index (χ1v) is 37.1. The molecule has 0 aromatic heterocycles. The molecule has 0 radical (unpaired) electrons. The van der Waals surface area contributed by atoms with Crippen molar-refractivity contribution in [3.63, 3.8) is 0 Å². The van der Waals surface area contributed by atoms with Gasteiger partial charge in [-0.15, -0.1) is 0 Å². The van der Waals surface area contributed by atoms with Crippen molar-refractivity contribution in [2.45, 2.75) is 342 Å². The van der Waals surface area contributed by atoms with Crippen molar-refractivity contribution >= 4 is 39.5 Å². The zero-order chi connectivity index (χ0) is 62.2. The Morgan fingerprint density at radius 2 is 0.571 bits per heavy atom. The van der Waals surface area contributed by atoms with Crippen molar-refractivity contribution in [3.05, 3.63) is 0 Å². The van der Waals surface area contributed by atoms with Crippen molar-refractivity contribution in [2.75, 3.05) is 39.6 Å². The number of esters is 4. The van der Waals surface area contributed by atoms with E-state index < -0.39 is 97.5 Å². The van der Waals surface area contributed by atoms with Gasteiger partial charge in [-0.2, -0.15) is 0 Å². The average molecular weight is 1240 g/mol. The Kier molecular flexibility index (Phi) is 56.2. The second-order valence-corrected chi connectivity index (χ2v) is 26.9. The summed E-state index contributed by atoms with van der Waals surface area (Å²) in [5.74, 6) is -0.529. The molecule has 0 rings (SSSR count). The molecule has 0 fully saturated rings. The number of hydrogen-bond donors (Lipinski definition) is 3. The van der Waals surface area contributed by atoms with Gasteiger partial charge in [0.05, 0.1) is 26.4 Å². The average Bonchev–Trinajstić information content (AvgIpc) is 3.65. The lowest BCUT2D eigenvalue weighted by molar-refractivity contribution is -0.161. The Balaban J connectivity index is 5.19. The van der Waals surface area contributed by atoms with Gasteiger partial charge in [-0.25, -0.2) is 9.13 Å². The highest BCUT2D eigenvalue weighted by Gasteiger charge is 2.30. The highest BCUT2D eigenvalue weighted by molar-refractivity contribution is 7.47. The predicted molar refractivity (Wildman–Crippen MR) is 335 cm³/mol. The van der Waals surface area contributed by atoms with Crippen LogP contribution < -0.4 is 0 Å². The van der Waals surface area contributed by atoms with Crippen LogP contribution in [-0.2, 0) is 65.4 Å². The molecule has 0 aliphatic rings. The maximum atomic E-state index is 13.0. The SMILES string of the molecule is CCCCCCCCCCCCCC(=O)O[C@H](COC(=O)CCCCCCC)COP(=O)(O)OC[C@H](O)COP(=O)(O)OC[C@@H](COC(=O)CCCCCCCCCCCCC(C)CC)OC(=O)CCCCCCCCCCCCC(C)CC. The van der Waals surface area contributed by atoms with Crippen LogP contribution >= 0.6 is 15.6 Å². The van der Waals surface area contributed by atoms with Crippen LogP contribution in [0.5, 0.6) is 0 Å². The van der Waals surface area contributed by atoms with Gasteiger partial charge in [0.25, 0.3) is 0 Å². The molecule has 0 saturated heterocycles. The molecule has 17 nitrogen and oxygen atoms in total. The number of carbonyl (C=O) groups is 4. The quantitative estimate of drug-likeness (QED) is 0.0222. The van der Waals surface area contributed by atoms with E-state index in [9.17, 15) is 43.2 Å². The van der Waals surface area contributed by atoms with Crippen LogP contribution in [0.1, 0.15) is 324 Å². The molecular formula is C65H126O17P2. The number of hydrogen-bond acceptors (Lipinski definition) is 15. The molecule has 498 valence electrons. The molecule has 0 amide bonds. The molecule has 0 aliphatic carbocycles. The van der Waals surface area contributed by atoms with Crippen LogP contribution in [0.25, 0.3) is 0 Å². The van der Waals surface area contributed by atoms with Crippen LogP contribution in [0.3, 0.4) is 0 Å². The van der Waals surface area contributed by atoms with Gasteiger partial charge < -0.3 is 33.8 Å². The summed E-state index contributed by atoms with van der Waals surface area (Å²) < 4.78 is 67.9. The van der Waals surface area contributed by atoms with Crippen molar-refractivity contribution in [3.8, 4) is 0 Å². The number of phosphoric ester groups is 2. The Morgan fingerprint density at radius 3 is 0.845 bits per heavy atom. The number of rotatable bonds is 64. The Morgan fingerprint density at radius 1 is 0.333 bits per heavy atom. The number of unbranched alkanes of at least 4 members (excludes halogenated alkanes) is 32. The van der Waals surface area contributed by atoms with Crippen molar-refractivity contribution in [1.82, 2.24) is 0 Å². The number of carbonyl (C=O) groups excluding carboxylic acids is 4. The second kappa shape index (κ2) is 57.5. The summed E-state index contributed by atoms with van der Waals surface area (Å²) in [4.78, 5) is 72.0. The van der Waals surface area contributed by atoms with Gasteiger partial charge in [0, 0.05) is 25.7 Å². The zero-order valence-corrected chi connectivity index (χ0v) is 56.0. The summed E-state index contributed by atoms with van der Waals surface area (Å²) in [5.41, 5.74) is 0. The second-order valence-electron chi connectivity index (χ2n) is 24.0. The molecule has 0 saturated carbocycles. The number of aliphatic hydroxyl groups excluding tert-OH is 1. The van der Waals surface area contributed by atoms with Gasteiger partial charge in [0.1, 0.15) is 19.3 Å². The minimum atomic E-state index is -4.95. The fourth-order valence-corrected chi connectivity index (χ4v) is 11.2. The van der Waals surface area contributed by atoms with E-state index in [1.54, 1.807) is 0 Å². The molecule has 0 bridgehead atoms. The minimum absolute atomic E-state index is 0.106. The maximum Gasteiger partial charge on any atom is 0.472 e. The fraction of sp³-hybridized carbons (Fsp3) is 0.938. The first kappa shape index (κ1) is 82.1. The van der Waals surface area contributed by atoms with Gasteiger partial charge in [0.15, 0.2) is 12.2 Å². The molecular weight excluding hydrogens is 1110 g/mol. The van der Waals surface area contributed by atoms with Gasteiger partial charge in [0.2, 0.25) is 0 Å². The van der Waals surface area contributed by atoms with Crippen molar-refractivity contribution < 1.29 is 80.2 Å². The lowest BCUT2D eigenvalue weighted by Crippen LogP contribution is -2.30. The summed E-state index contributed by atoms with van der Waals surface area (Å²) in [6.45, 7) is 9.47. The van der Waals surface area contributed by atoms with E-state index >= 15 is 0 Å². The van der Waals surface area contributed by atoms with Crippen LogP contribution in [-0.4, -0.2) is 96.7 Å². The van der Waals surface area contributed by atoms with Gasteiger partial charge in [-0.3, -0.25) is 37.3 Å². The molecule has 7 atom stereocenters. The topological polar surface area (TPSA) is 237 Å². The van der Waals surface area contributed by atoms with Gasteiger partial charge in [-0.1, -0.05) is 273 Å². The van der Waals surface area contributed by atoms with Crippen LogP contribution in [0.15, 0.2) is 0 Å². The summed E-state index contributed by atoms with van der Waals surface area (Å²) >= 11 is 0. The van der Waals surface area contributed by atoms with E-state index in [2.05, 4.69) is 41.5 Å². The van der Waals surface area contributed by atoms with E-state index in [1.807, 2.05) is 0 Å². The summed E-state index contributed by atoms with van der Waals surface area (Å²) in [5, 5.41) is 10.5. The maximum absolute atomic E-state index is 13.0. The lowest BCUT2D eigenvalue weighted by Gasteiger charge is -2.21. The highest BCUT2D eigenvalue weighted by Crippen LogP contribution is 2.45. The molecule has 0 spiro atoms. The Labute approximate surface area is 511 Å². The number of phosphoric acid groups is 2. The molecule has 4 unspecified atom stereocenters. The van der Waals surface area contributed by atoms with Crippen LogP contribution in [0.2, 0.25) is 0 Å². The number of ether oxygens (including phenoxy) is 4. The van der Waals surface area contributed by atoms with Gasteiger partial charge >= 0.3 is 39.5 Å². The molecule has 84 heavy (non-hydrogen) atoms. The molecule has 3 N–H and O–H groups in total. The normalized spacial score (nSPS) is 14.9. The third-order valence-electron chi connectivity index (χ3n) is 15.7. The third kappa shape index (κ3) is 56.6. The number of aliphatic hydroxyl groups is 1. The van der Waals surface area contributed by atoms with E-state index in [0.717, 1.165) is 108 Å². The minimum Gasteiger partial charge on any atom is -0.462 e. The fourth-order valence-electron chi connectivity index (χ4n) is 9.64. The highest BCUT2D eigenvalue weighted by atomic mass is 31.2. The van der Waals surface area contributed by atoms with E-state index in [0.29, 0.717) is 25.7 Å². The van der Waals surface area contributed by atoms with E-state index in [-0.39, 0.29) is 25.7 Å². The smallest absolute Gasteiger partial charge is 0.462 e.